The summed E-state index contributed by atoms with van der Waals surface area (Å²) in [6.45, 7) is 0.352. The highest BCUT2D eigenvalue weighted by Gasteiger charge is 2.41. The Morgan fingerprint density at radius 1 is 1.30 bits per heavy atom. The van der Waals surface area contributed by atoms with Crippen LogP contribution in [0.25, 0.3) is 0 Å². The van der Waals surface area contributed by atoms with E-state index < -0.39 is 6.04 Å². The Hall–Kier alpha value is -2.41. The number of aromatic nitrogens is 3. The fourth-order valence-electron chi connectivity index (χ4n) is 4.29. The highest BCUT2D eigenvalue weighted by molar-refractivity contribution is 5.94. The molecule has 2 aromatic heterocycles. The molecule has 2 heterocycles. The van der Waals surface area contributed by atoms with Gasteiger partial charge in [-0.15, -0.1) is 0 Å². The number of nitrogens with two attached hydrogens (primary N) is 1. The quantitative estimate of drug-likeness (QED) is 0.695. The third-order valence-electron chi connectivity index (χ3n) is 6.24. The molecular weight excluding hydrogens is 342 g/mol. The lowest BCUT2D eigenvalue weighted by Crippen LogP contribution is -2.50. The second-order valence-electron chi connectivity index (χ2n) is 7.93. The lowest BCUT2D eigenvalue weighted by Gasteiger charge is -2.44. The van der Waals surface area contributed by atoms with Crippen molar-refractivity contribution in [3.05, 3.63) is 46.6 Å². The van der Waals surface area contributed by atoms with E-state index in [-0.39, 0.29) is 11.5 Å². The predicted octanol–water partition coefficient (Wildman–Crippen LogP) is 2.10. The molecule has 144 valence electrons. The molecule has 2 saturated carbocycles. The Kier molecular flexibility index (Phi) is 5.11. The predicted molar refractivity (Wildman–Crippen MR) is 103 cm³/mol. The summed E-state index contributed by atoms with van der Waals surface area (Å²) in [5.74, 6) is 1.37. The molecule has 0 aromatic carbocycles. The number of hydrogen-bond acceptors (Lipinski definition) is 4. The lowest BCUT2D eigenvalue weighted by atomic mass is 9.62. The largest absolute Gasteiger partial charge is 0.329 e. The first kappa shape index (κ1) is 18.0. The summed E-state index contributed by atoms with van der Waals surface area (Å²) in [7, 11) is 0. The minimum Gasteiger partial charge on any atom is -0.329 e. The molecule has 0 saturated heterocycles. The Balaban J connectivity index is 1.39. The third-order valence-corrected chi connectivity index (χ3v) is 6.24. The molecule has 7 nitrogen and oxygen atoms in total. The minimum atomic E-state index is -0.471. The van der Waals surface area contributed by atoms with Gasteiger partial charge >= 0.3 is 0 Å². The second-order valence-corrected chi connectivity index (χ2v) is 7.93. The standard InChI is InChI=1S/C20H27N5O2/c21-18(17(13-4-1-5-13)14-6-2-7-14)20(27)24-16-10-23-25(12-16)11-15-8-3-9-22-19(15)26/h3,8-10,12-14,17-18H,1-2,4-7,11,21H2,(H,22,26)(H,24,27). The molecular formula is C20H27N5O2. The monoisotopic (exact) mass is 369 g/mol. The van der Waals surface area contributed by atoms with Crippen molar-refractivity contribution in [2.24, 2.45) is 23.5 Å². The molecule has 27 heavy (non-hydrogen) atoms. The van der Waals surface area contributed by atoms with Crippen LogP contribution in [0.4, 0.5) is 5.69 Å². The van der Waals surface area contributed by atoms with E-state index in [1.165, 1.54) is 38.5 Å². The molecule has 4 rings (SSSR count). The number of hydrogen-bond donors (Lipinski definition) is 3. The number of amides is 1. The van der Waals surface area contributed by atoms with Crippen LogP contribution in [0.15, 0.2) is 35.5 Å². The van der Waals surface area contributed by atoms with Crippen molar-refractivity contribution in [3.63, 3.8) is 0 Å². The number of nitrogens with one attached hydrogen (secondary N) is 2. The summed E-state index contributed by atoms with van der Waals surface area (Å²) < 4.78 is 1.64. The van der Waals surface area contributed by atoms with E-state index in [0.29, 0.717) is 35.5 Å². The van der Waals surface area contributed by atoms with Gasteiger partial charge in [0.15, 0.2) is 0 Å². The maximum Gasteiger partial charge on any atom is 0.253 e. The van der Waals surface area contributed by atoms with Gasteiger partial charge < -0.3 is 16.0 Å². The van der Waals surface area contributed by atoms with Crippen LogP contribution < -0.4 is 16.6 Å². The van der Waals surface area contributed by atoms with E-state index in [4.69, 9.17) is 5.73 Å². The van der Waals surface area contributed by atoms with Crippen LogP contribution in [0, 0.1) is 17.8 Å². The smallest absolute Gasteiger partial charge is 0.253 e. The zero-order valence-electron chi connectivity index (χ0n) is 15.4. The Morgan fingerprint density at radius 2 is 2.00 bits per heavy atom. The third kappa shape index (κ3) is 3.83. The van der Waals surface area contributed by atoms with Crippen molar-refractivity contribution in [1.82, 2.24) is 14.8 Å². The molecule has 7 heteroatoms. The van der Waals surface area contributed by atoms with Crippen molar-refractivity contribution >= 4 is 11.6 Å². The van der Waals surface area contributed by atoms with Gasteiger partial charge in [-0.2, -0.15) is 5.10 Å². The van der Waals surface area contributed by atoms with Gasteiger partial charge in [-0.05, 0) is 23.8 Å². The first-order valence-corrected chi connectivity index (χ1v) is 9.87. The first-order chi connectivity index (χ1) is 13.1. The van der Waals surface area contributed by atoms with Gasteiger partial charge in [-0.1, -0.05) is 44.6 Å². The van der Waals surface area contributed by atoms with E-state index in [1.807, 2.05) is 0 Å². The molecule has 1 amide bonds. The van der Waals surface area contributed by atoms with Crippen molar-refractivity contribution in [3.8, 4) is 0 Å². The Morgan fingerprint density at radius 3 is 2.59 bits per heavy atom. The molecule has 0 bridgehead atoms. The average Bonchev–Trinajstić information content (AvgIpc) is 2.99. The number of anilines is 1. The number of pyridine rings is 1. The summed E-state index contributed by atoms with van der Waals surface area (Å²) in [5.41, 5.74) is 7.49. The molecule has 1 unspecified atom stereocenters. The fraction of sp³-hybridized carbons (Fsp3) is 0.550. The van der Waals surface area contributed by atoms with Gasteiger partial charge in [0.2, 0.25) is 5.91 Å². The number of nitrogens with zero attached hydrogens (tertiary/aromatic N) is 2. The van der Waals surface area contributed by atoms with Crippen molar-refractivity contribution in [2.45, 2.75) is 51.1 Å². The molecule has 4 N–H and O–H groups in total. The van der Waals surface area contributed by atoms with Crippen LogP contribution in [-0.2, 0) is 11.3 Å². The number of rotatable bonds is 7. The maximum atomic E-state index is 12.7. The summed E-state index contributed by atoms with van der Waals surface area (Å²) in [4.78, 5) is 27.2. The number of carbonyl (C=O) groups is 1. The topological polar surface area (TPSA) is 106 Å². The molecule has 0 aliphatic heterocycles. The van der Waals surface area contributed by atoms with E-state index in [0.717, 1.165) is 0 Å². The van der Waals surface area contributed by atoms with Crippen LogP contribution in [0.1, 0.15) is 44.1 Å². The Labute approximate surface area is 158 Å². The molecule has 2 aromatic rings. The minimum absolute atomic E-state index is 0.129. The number of H-pyrrole nitrogens is 1. The zero-order valence-corrected chi connectivity index (χ0v) is 15.4. The molecule has 2 fully saturated rings. The molecule has 2 aliphatic rings. The van der Waals surface area contributed by atoms with Crippen LogP contribution in [0.2, 0.25) is 0 Å². The van der Waals surface area contributed by atoms with E-state index in [1.54, 1.807) is 35.4 Å². The SMILES string of the molecule is NC(C(=O)Nc1cnn(Cc2ccc[nH]c2=O)c1)C(C1CCC1)C1CCC1. The molecule has 2 aliphatic carbocycles. The summed E-state index contributed by atoms with van der Waals surface area (Å²) in [5, 5.41) is 7.16. The van der Waals surface area contributed by atoms with Crippen LogP contribution in [0.3, 0.4) is 0 Å². The van der Waals surface area contributed by atoms with Gasteiger partial charge in [-0.3, -0.25) is 14.3 Å². The van der Waals surface area contributed by atoms with Crippen molar-refractivity contribution in [2.75, 3.05) is 5.32 Å². The van der Waals surface area contributed by atoms with Gasteiger partial charge in [0.1, 0.15) is 0 Å². The highest BCUT2D eigenvalue weighted by Crippen LogP contribution is 2.45. The number of aromatic amines is 1. The van der Waals surface area contributed by atoms with Crippen LogP contribution >= 0.6 is 0 Å². The van der Waals surface area contributed by atoms with E-state index in [2.05, 4.69) is 15.4 Å². The van der Waals surface area contributed by atoms with Crippen molar-refractivity contribution in [1.29, 1.82) is 0 Å². The van der Waals surface area contributed by atoms with Crippen LogP contribution in [-0.4, -0.2) is 26.7 Å². The van der Waals surface area contributed by atoms with E-state index >= 15 is 0 Å². The van der Waals surface area contributed by atoms with Gasteiger partial charge in [-0.25, -0.2) is 0 Å². The Bertz CT molecular complexity index is 836. The fourth-order valence-corrected chi connectivity index (χ4v) is 4.29. The van der Waals surface area contributed by atoms with Crippen molar-refractivity contribution < 1.29 is 4.79 Å². The zero-order chi connectivity index (χ0) is 18.8. The first-order valence-electron chi connectivity index (χ1n) is 9.87. The van der Waals surface area contributed by atoms with Crippen LogP contribution in [0.5, 0.6) is 0 Å². The van der Waals surface area contributed by atoms with E-state index in [9.17, 15) is 9.59 Å². The molecule has 0 spiro atoms. The number of carbonyl (C=O) groups excluding carboxylic acids is 1. The van der Waals surface area contributed by atoms with Gasteiger partial charge in [0.25, 0.3) is 5.56 Å². The molecule has 0 radical (unpaired) electrons. The van der Waals surface area contributed by atoms with Gasteiger partial charge in [0.05, 0.1) is 24.5 Å². The maximum absolute atomic E-state index is 12.7. The normalized spacial score (nSPS) is 18.7. The second kappa shape index (κ2) is 7.68. The summed E-state index contributed by atoms with van der Waals surface area (Å²) in [6.07, 6.45) is 12.3. The highest BCUT2D eigenvalue weighted by atomic mass is 16.2. The lowest BCUT2D eigenvalue weighted by molar-refractivity contribution is -0.120. The summed E-state index contributed by atoms with van der Waals surface area (Å²) in [6, 6.07) is 3.07. The van der Waals surface area contributed by atoms with Gasteiger partial charge in [0, 0.05) is 18.0 Å². The average molecular weight is 369 g/mol. The summed E-state index contributed by atoms with van der Waals surface area (Å²) >= 11 is 0. The molecule has 1 atom stereocenters.